The monoisotopic (exact) mass is 313 g/mol. The van der Waals surface area contributed by atoms with Crippen LogP contribution in [0.15, 0.2) is 48.5 Å². The van der Waals surface area contributed by atoms with Gasteiger partial charge in [-0.15, -0.1) is 0 Å². The number of hydrazine groups is 1. The quantitative estimate of drug-likeness (QED) is 0.741. The highest BCUT2D eigenvalue weighted by molar-refractivity contribution is 5.40. The molecule has 0 saturated carbocycles. The number of hydrogen-bond acceptors (Lipinski definition) is 5. The predicted molar refractivity (Wildman–Crippen MR) is 91.4 cm³/mol. The van der Waals surface area contributed by atoms with Crippen molar-refractivity contribution in [1.29, 1.82) is 0 Å². The fraction of sp³-hybridized carbons (Fsp3) is 0.333. The van der Waals surface area contributed by atoms with E-state index in [0.29, 0.717) is 0 Å². The second-order valence-electron chi connectivity index (χ2n) is 5.85. The van der Waals surface area contributed by atoms with Gasteiger partial charge >= 0.3 is 0 Å². The Labute approximate surface area is 136 Å². The molecule has 0 aliphatic carbocycles. The number of nitrogens with two attached hydrogens (primary N) is 1. The van der Waals surface area contributed by atoms with Crippen molar-refractivity contribution in [1.82, 2.24) is 10.9 Å². The summed E-state index contributed by atoms with van der Waals surface area (Å²) < 4.78 is 11.2. The number of nitrogen functional groups attached to an aromatic ring is 1. The standard InChI is InChI=1S/C18H23N3O2/c1-12(23-16-9-7-15(22-2)8-10-16)17-11-18(21-20-17)13-3-5-14(19)6-4-13/h3-10,12,17-18,20-21H,11,19H2,1-2H3. The molecule has 1 heterocycles. The van der Waals surface area contributed by atoms with Gasteiger partial charge in [-0.05, 0) is 55.3 Å². The minimum atomic E-state index is 0.0506. The maximum absolute atomic E-state index is 6.02. The largest absolute Gasteiger partial charge is 0.497 e. The molecule has 3 unspecified atom stereocenters. The smallest absolute Gasteiger partial charge is 0.120 e. The summed E-state index contributed by atoms with van der Waals surface area (Å²) in [4.78, 5) is 0. The summed E-state index contributed by atoms with van der Waals surface area (Å²) in [5, 5.41) is 0. The minimum absolute atomic E-state index is 0.0506. The molecule has 3 rings (SSSR count). The Balaban J connectivity index is 1.58. The SMILES string of the molecule is COc1ccc(OC(C)C2CC(c3ccc(N)cc3)NN2)cc1. The van der Waals surface area contributed by atoms with Gasteiger partial charge in [-0.3, -0.25) is 5.43 Å². The van der Waals surface area contributed by atoms with Gasteiger partial charge in [0.15, 0.2) is 0 Å². The zero-order chi connectivity index (χ0) is 16.2. The molecule has 3 atom stereocenters. The van der Waals surface area contributed by atoms with Crippen LogP contribution in [0.4, 0.5) is 5.69 Å². The molecule has 0 bridgehead atoms. The molecule has 1 aliphatic heterocycles. The molecule has 0 spiro atoms. The van der Waals surface area contributed by atoms with Crippen molar-refractivity contribution < 1.29 is 9.47 Å². The lowest BCUT2D eigenvalue weighted by molar-refractivity contribution is 0.176. The molecule has 4 N–H and O–H groups in total. The Morgan fingerprint density at radius 1 is 1.00 bits per heavy atom. The molecule has 0 amide bonds. The molecule has 5 nitrogen and oxygen atoms in total. The van der Waals surface area contributed by atoms with Crippen LogP contribution >= 0.6 is 0 Å². The van der Waals surface area contributed by atoms with Gasteiger partial charge in [0.05, 0.1) is 13.2 Å². The van der Waals surface area contributed by atoms with Crippen LogP contribution in [-0.2, 0) is 0 Å². The van der Waals surface area contributed by atoms with Crippen LogP contribution in [0.1, 0.15) is 24.9 Å². The lowest BCUT2D eigenvalue weighted by atomic mass is 9.99. The number of benzene rings is 2. The van der Waals surface area contributed by atoms with E-state index in [1.54, 1.807) is 7.11 Å². The van der Waals surface area contributed by atoms with E-state index < -0.39 is 0 Å². The van der Waals surface area contributed by atoms with Crippen molar-refractivity contribution >= 4 is 5.69 Å². The van der Waals surface area contributed by atoms with Gasteiger partial charge in [0.25, 0.3) is 0 Å². The van der Waals surface area contributed by atoms with E-state index in [0.717, 1.165) is 23.6 Å². The van der Waals surface area contributed by atoms with Crippen LogP contribution < -0.4 is 26.1 Å². The normalized spacial score (nSPS) is 21.8. The summed E-state index contributed by atoms with van der Waals surface area (Å²) in [6.07, 6.45) is 1.01. The fourth-order valence-corrected chi connectivity index (χ4v) is 2.79. The van der Waals surface area contributed by atoms with Crippen molar-refractivity contribution in [2.75, 3.05) is 12.8 Å². The van der Waals surface area contributed by atoms with Crippen LogP contribution in [-0.4, -0.2) is 19.3 Å². The maximum Gasteiger partial charge on any atom is 0.120 e. The van der Waals surface area contributed by atoms with E-state index in [1.807, 2.05) is 36.4 Å². The zero-order valence-electron chi connectivity index (χ0n) is 13.5. The summed E-state index contributed by atoms with van der Waals surface area (Å²) in [6.45, 7) is 2.08. The van der Waals surface area contributed by atoms with Gasteiger partial charge < -0.3 is 15.2 Å². The lowest BCUT2D eigenvalue weighted by Crippen LogP contribution is -2.40. The maximum atomic E-state index is 6.02. The minimum Gasteiger partial charge on any atom is -0.497 e. The second-order valence-corrected chi connectivity index (χ2v) is 5.85. The van der Waals surface area contributed by atoms with E-state index in [1.165, 1.54) is 5.56 Å². The highest BCUT2D eigenvalue weighted by Crippen LogP contribution is 2.26. The van der Waals surface area contributed by atoms with Crippen molar-refractivity contribution in [3.63, 3.8) is 0 Å². The van der Waals surface area contributed by atoms with Crippen LogP contribution in [0.5, 0.6) is 11.5 Å². The molecule has 1 saturated heterocycles. The first-order valence-electron chi connectivity index (χ1n) is 7.83. The first-order chi connectivity index (χ1) is 11.2. The topological polar surface area (TPSA) is 68.5 Å². The van der Waals surface area contributed by atoms with Gasteiger partial charge in [-0.1, -0.05) is 12.1 Å². The third-order valence-electron chi connectivity index (χ3n) is 4.22. The van der Waals surface area contributed by atoms with Crippen LogP contribution in [0.2, 0.25) is 0 Å². The molecular formula is C18H23N3O2. The summed E-state index contributed by atoms with van der Waals surface area (Å²) in [5.41, 5.74) is 14.4. The average Bonchev–Trinajstić information content (AvgIpc) is 3.06. The van der Waals surface area contributed by atoms with E-state index >= 15 is 0 Å². The Bertz CT molecular complexity index is 628. The Kier molecular flexibility index (Phi) is 4.69. The van der Waals surface area contributed by atoms with E-state index in [2.05, 4.69) is 29.9 Å². The number of anilines is 1. The van der Waals surface area contributed by atoms with E-state index in [-0.39, 0.29) is 18.2 Å². The van der Waals surface area contributed by atoms with Crippen LogP contribution in [0.25, 0.3) is 0 Å². The fourth-order valence-electron chi connectivity index (χ4n) is 2.79. The Morgan fingerprint density at radius 2 is 1.65 bits per heavy atom. The van der Waals surface area contributed by atoms with Gasteiger partial charge in [0.1, 0.15) is 17.6 Å². The first kappa shape index (κ1) is 15.6. The highest BCUT2D eigenvalue weighted by Gasteiger charge is 2.30. The summed E-state index contributed by atoms with van der Waals surface area (Å²) >= 11 is 0. The molecule has 1 fully saturated rings. The van der Waals surface area contributed by atoms with Crippen LogP contribution in [0, 0.1) is 0 Å². The highest BCUT2D eigenvalue weighted by atomic mass is 16.5. The number of methoxy groups -OCH3 is 1. The summed E-state index contributed by atoms with van der Waals surface area (Å²) in [6, 6.07) is 16.1. The van der Waals surface area contributed by atoms with Crippen molar-refractivity contribution in [3.8, 4) is 11.5 Å². The van der Waals surface area contributed by atoms with E-state index in [9.17, 15) is 0 Å². The molecule has 2 aromatic carbocycles. The first-order valence-corrected chi connectivity index (χ1v) is 7.83. The molecule has 0 aromatic heterocycles. The number of hydrogen-bond donors (Lipinski definition) is 3. The summed E-state index contributed by atoms with van der Waals surface area (Å²) in [7, 11) is 1.66. The molecule has 5 heteroatoms. The predicted octanol–water partition coefficient (Wildman–Crippen LogP) is 2.65. The third-order valence-corrected chi connectivity index (χ3v) is 4.22. The van der Waals surface area contributed by atoms with Gasteiger partial charge in [0, 0.05) is 11.7 Å². The van der Waals surface area contributed by atoms with E-state index in [4.69, 9.17) is 15.2 Å². The molecule has 0 radical (unpaired) electrons. The molecule has 2 aromatic rings. The zero-order valence-corrected chi connectivity index (χ0v) is 13.5. The Hall–Kier alpha value is -2.24. The number of ether oxygens (including phenoxy) is 2. The number of rotatable bonds is 5. The van der Waals surface area contributed by atoms with Gasteiger partial charge in [-0.25, -0.2) is 5.43 Å². The number of nitrogens with one attached hydrogen (secondary N) is 2. The molecule has 1 aliphatic rings. The second kappa shape index (κ2) is 6.89. The summed E-state index contributed by atoms with van der Waals surface area (Å²) in [5.74, 6) is 1.67. The van der Waals surface area contributed by atoms with Crippen LogP contribution in [0.3, 0.4) is 0 Å². The van der Waals surface area contributed by atoms with Crippen molar-refractivity contribution in [2.24, 2.45) is 0 Å². The third kappa shape index (κ3) is 3.75. The average molecular weight is 313 g/mol. The Morgan fingerprint density at radius 3 is 2.30 bits per heavy atom. The van der Waals surface area contributed by atoms with Crippen molar-refractivity contribution in [2.45, 2.75) is 31.5 Å². The molecular weight excluding hydrogens is 290 g/mol. The molecule has 122 valence electrons. The van der Waals surface area contributed by atoms with Gasteiger partial charge in [0.2, 0.25) is 0 Å². The van der Waals surface area contributed by atoms with Gasteiger partial charge in [-0.2, -0.15) is 0 Å². The lowest BCUT2D eigenvalue weighted by Gasteiger charge is -2.20. The molecule has 23 heavy (non-hydrogen) atoms. The van der Waals surface area contributed by atoms with Crippen molar-refractivity contribution in [3.05, 3.63) is 54.1 Å².